The first-order valence-corrected chi connectivity index (χ1v) is 11.4. The SMILES string of the molecule is CC(C)(C)[Si](C)(C)OC1CC(c2nccc3scnc23)C1. The van der Waals surface area contributed by atoms with Crippen molar-refractivity contribution in [1.29, 1.82) is 0 Å². The standard InChI is InChI=1S/C16H24N2OSSi/c1-16(2,3)21(4,5)19-12-8-11(9-12)14-15-13(6-7-17-14)20-10-18-15/h6-7,10-12H,8-9H2,1-5H3. The summed E-state index contributed by atoms with van der Waals surface area (Å²) < 4.78 is 7.72. The third-order valence-corrected chi connectivity index (χ3v) is 10.4. The Balaban J connectivity index is 1.68. The molecular weight excluding hydrogens is 296 g/mol. The number of pyridine rings is 1. The predicted octanol–water partition coefficient (Wildman–Crippen LogP) is 4.96. The van der Waals surface area contributed by atoms with Gasteiger partial charge in [0.15, 0.2) is 8.32 Å². The fraction of sp³-hybridized carbons (Fsp3) is 0.625. The normalized spacial score (nSPS) is 23.3. The number of nitrogens with zero attached hydrogens (tertiary/aromatic N) is 2. The molecule has 1 saturated carbocycles. The Morgan fingerprint density at radius 2 is 1.95 bits per heavy atom. The highest BCUT2D eigenvalue weighted by atomic mass is 32.1. The van der Waals surface area contributed by atoms with Crippen LogP contribution >= 0.6 is 11.3 Å². The van der Waals surface area contributed by atoms with Gasteiger partial charge in [-0.1, -0.05) is 20.8 Å². The van der Waals surface area contributed by atoms with E-state index in [1.54, 1.807) is 11.3 Å². The Morgan fingerprint density at radius 1 is 1.24 bits per heavy atom. The highest BCUT2D eigenvalue weighted by Gasteiger charge is 2.43. The topological polar surface area (TPSA) is 35.0 Å². The van der Waals surface area contributed by atoms with Gasteiger partial charge in [0.25, 0.3) is 0 Å². The summed E-state index contributed by atoms with van der Waals surface area (Å²) in [5, 5.41) is 0.283. The van der Waals surface area contributed by atoms with Gasteiger partial charge in [0.2, 0.25) is 0 Å². The molecule has 0 atom stereocenters. The molecule has 1 fully saturated rings. The summed E-state index contributed by atoms with van der Waals surface area (Å²) in [7, 11) is -1.64. The first-order valence-electron chi connectivity index (χ1n) is 7.64. The Bertz CT molecular complexity index is 641. The van der Waals surface area contributed by atoms with Crippen molar-refractivity contribution < 1.29 is 4.43 Å². The number of fused-ring (bicyclic) bond motifs is 1. The molecule has 0 unspecified atom stereocenters. The Morgan fingerprint density at radius 3 is 2.62 bits per heavy atom. The highest BCUT2D eigenvalue weighted by molar-refractivity contribution is 7.16. The van der Waals surface area contributed by atoms with E-state index in [0.29, 0.717) is 12.0 Å². The highest BCUT2D eigenvalue weighted by Crippen LogP contribution is 2.45. The second-order valence-corrected chi connectivity index (χ2v) is 13.2. The zero-order chi connectivity index (χ0) is 15.3. The lowest BCUT2D eigenvalue weighted by molar-refractivity contribution is 0.0832. The van der Waals surface area contributed by atoms with Crippen molar-refractivity contribution in [2.75, 3.05) is 0 Å². The zero-order valence-electron chi connectivity index (χ0n) is 13.5. The molecule has 1 aliphatic rings. The zero-order valence-corrected chi connectivity index (χ0v) is 15.3. The van der Waals surface area contributed by atoms with E-state index in [2.05, 4.69) is 49.9 Å². The summed E-state index contributed by atoms with van der Waals surface area (Å²) in [6.45, 7) is 11.6. The Labute approximate surface area is 131 Å². The van der Waals surface area contributed by atoms with Gasteiger partial charge in [-0.3, -0.25) is 4.98 Å². The smallest absolute Gasteiger partial charge is 0.192 e. The number of hydrogen-bond donors (Lipinski definition) is 0. The van der Waals surface area contributed by atoms with Crippen LogP contribution < -0.4 is 0 Å². The van der Waals surface area contributed by atoms with Gasteiger partial charge in [0, 0.05) is 18.2 Å². The van der Waals surface area contributed by atoms with Crippen LogP contribution in [0.25, 0.3) is 10.2 Å². The minimum atomic E-state index is -1.64. The summed E-state index contributed by atoms with van der Waals surface area (Å²) in [6.07, 6.45) is 4.51. The molecule has 21 heavy (non-hydrogen) atoms. The number of aromatic nitrogens is 2. The molecule has 3 nitrogen and oxygen atoms in total. The van der Waals surface area contributed by atoms with E-state index in [1.807, 2.05) is 11.7 Å². The molecule has 0 aromatic carbocycles. The Hall–Kier alpha value is -0.783. The van der Waals surface area contributed by atoms with Gasteiger partial charge in [0.05, 0.1) is 15.9 Å². The van der Waals surface area contributed by atoms with Crippen molar-refractivity contribution in [2.45, 2.75) is 63.8 Å². The van der Waals surface area contributed by atoms with Crippen LogP contribution in [-0.4, -0.2) is 24.4 Å². The molecule has 0 N–H and O–H groups in total. The fourth-order valence-electron chi connectivity index (χ4n) is 2.59. The summed E-state index contributed by atoms with van der Waals surface area (Å²) in [5.74, 6) is 0.519. The molecule has 0 spiro atoms. The second kappa shape index (κ2) is 5.14. The van der Waals surface area contributed by atoms with Gasteiger partial charge in [0.1, 0.15) is 5.52 Å². The van der Waals surface area contributed by atoms with Crippen LogP contribution in [0, 0.1) is 0 Å². The third-order valence-electron chi connectivity index (χ3n) is 5.03. The molecule has 114 valence electrons. The molecule has 3 rings (SSSR count). The van der Waals surface area contributed by atoms with Crippen molar-refractivity contribution in [3.63, 3.8) is 0 Å². The predicted molar refractivity (Wildman–Crippen MR) is 91.5 cm³/mol. The molecule has 5 heteroatoms. The van der Waals surface area contributed by atoms with Gasteiger partial charge >= 0.3 is 0 Å². The molecule has 2 aromatic rings. The summed E-state index contributed by atoms with van der Waals surface area (Å²) in [5.41, 5.74) is 4.18. The van der Waals surface area contributed by atoms with Gasteiger partial charge in [-0.05, 0) is 37.0 Å². The van der Waals surface area contributed by atoms with Gasteiger partial charge in [-0.2, -0.15) is 0 Å². The van der Waals surface area contributed by atoms with Crippen molar-refractivity contribution in [1.82, 2.24) is 9.97 Å². The first-order chi connectivity index (χ1) is 9.78. The lowest BCUT2D eigenvalue weighted by Gasteiger charge is -2.44. The van der Waals surface area contributed by atoms with E-state index in [4.69, 9.17) is 4.43 Å². The third kappa shape index (κ3) is 2.79. The minimum Gasteiger partial charge on any atom is -0.414 e. The minimum absolute atomic E-state index is 0.283. The van der Waals surface area contributed by atoms with Crippen LogP contribution in [0.3, 0.4) is 0 Å². The van der Waals surface area contributed by atoms with E-state index < -0.39 is 8.32 Å². The van der Waals surface area contributed by atoms with Crippen molar-refractivity contribution >= 4 is 29.9 Å². The van der Waals surface area contributed by atoms with Gasteiger partial charge in [-0.25, -0.2) is 4.98 Å². The molecule has 2 heterocycles. The maximum Gasteiger partial charge on any atom is 0.192 e. The van der Waals surface area contributed by atoms with E-state index in [1.165, 1.54) is 10.4 Å². The number of rotatable bonds is 3. The quantitative estimate of drug-likeness (QED) is 0.750. The molecular formula is C16H24N2OSSi. The summed E-state index contributed by atoms with van der Waals surface area (Å²) in [6, 6.07) is 2.05. The number of hydrogen-bond acceptors (Lipinski definition) is 4. The fourth-order valence-corrected chi connectivity index (χ4v) is 4.65. The van der Waals surface area contributed by atoms with Crippen molar-refractivity contribution in [2.24, 2.45) is 0 Å². The van der Waals surface area contributed by atoms with Crippen LogP contribution in [0.4, 0.5) is 0 Å². The molecule has 0 bridgehead atoms. The Kier molecular flexibility index (Phi) is 3.70. The van der Waals surface area contributed by atoms with E-state index in [9.17, 15) is 0 Å². The molecule has 0 saturated heterocycles. The van der Waals surface area contributed by atoms with E-state index >= 15 is 0 Å². The van der Waals surface area contributed by atoms with Gasteiger partial charge in [-0.15, -0.1) is 11.3 Å². The monoisotopic (exact) mass is 320 g/mol. The van der Waals surface area contributed by atoms with Crippen LogP contribution in [-0.2, 0) is 4.43 Å². The largest absolute Gasteiger partial charge is 0.414 e. The summed E-state index contributed by atoms with van der Waals surface area (Å²) in [4.78, 5) is 9.07. The maximum absolute atomic E-state index is 6.48. The van der Waals surface area contributed by atoms with E-state index in [-0.39, 0.29) is 5.04 Å². The molecule has 1 aliphatic carbocycles. The van der Waals surface area contributed by atoms with Crippen LogP contribution in [0.1, 0.15) is 45.2 Å². The lowest BCUT2D eigenvalue weighted by atomic mass is 9.79. The van der Waals surface area contributed by atoms with Crippen molar-refractivity contribution in [3.05, 3.63) is 23.5 Å². The molecule has 2 aromatic heterocycles. The molecule has 0 aliphatic heterocycles. The molecule has 0 radical (unpaired) electrons. The second-order valence-electron chi connectivity index (χ2n) is 7.56. The van der Waals surface area contributed by atoms with Crippen LogP contribution in [0.15, 0.2) is 17.8 Å². The lowest BCUT2D eigenvalue weighted by Crippen LogP contribution is -2.47. The van der Waals surface area contributed by atoms with Crippen molar-refractivity contribution in [3.8, 4) is 0 Å². The van der Waals surface area contributed by atoms with Crippen LogP contribution in [0.5, 0.6) is 0 Å². The maximum atomic E-state index is 6.48. The van der Waals surface area contributed by atoms with Crippen LogP contribution in [0.2, 0.25) is 18.1 Å². The average molecular weight is 321 g/mol. The van der Waals surface area contributed by atoms with E-state index in [0.717, 1.165) is 18.4 Å². The first kappa shape index (κ1) is 15.1. The van der Waals surface area contributed by atoms with Gasteiger partial charge < -0.3 is 4.43 Å². The number of thiazole rings is 1. The average Bonchev–Trinajstić information content (AvgIpc) is 2.80. The molecule has 0 amide bonds. The summed E-state index contributed by atoms with van der Waals surface area (Å²) >= 11 is 1.69.